The molecule has 481 valence electrons. The number of nitrogens with zero attached hydrogens (tertiary/aromatic N) is 20. The zero-order chi connectivity index (χ0) is 65.8. The van der Waals surface area contributed by atoms with Gasteiger partial charge in [-0.25, -0.2) is 99.7 Å². The average molecular weight is 1660 g/mol. The fourth-order valence-electron chi connectivity index (χ4n) is 9.44. The van der Waals surface area contributed by atoms with Gasteiger partial charge in [0.2, 0.25) is 0 Å². The molecule has 20 aromatic rings. The minimum atomic E-state index is 0.792. The lowest BCUT2D eigenvalue weighted by Crippen LogP contribution is -1.83. The van der Waals surface area contributed by atoms with Crippen LogP contribution in [0.25, 0.3) is 203 Å². The Morgan fingerprint density at radius 2 is 0.310 bits per heavy atom. The van der Waals surface area contributed by atoms with E-state index in [9.17, 15) is 0 Å². The van der Waals surface area contributed by atoms with Crippen LogP contribution in [0.4, 0.5) is 0 Å². The van der Waals surface area contributed by atoms with Crippen molar-refractivity contribution in [2.45, 2.75) is 0 Å². The molecule has 0 bridgehead atoms. The van der Waals surface area contributed by atoms with Gasteiger partial charge in [0, 0.05) is 108 Å². The normalized spacial score (nSPS) is 11.8. The van der Waals surface area contributed by atoms with Gasteiger partial charge >= 0.3 is 0 Å². The molecule has 40 heteroatoms. The Kier molecular flexibility index (Phi) is 16.5. The van der Waals surface area contributed by atoms with E-state index in [1.54, 1.807) is 215 Å². The van der Waals surface area contributed by atoms with Crippen LogP contribution < -0.4 is 0 Å². The van der Waals surface area contributed by atoms with E-state index in [0.717, 1.165) is 203 Å². The second kappa shape index (κ2) is 26.5. The molecule has 0 atom stereocenters. The zero-order valence-corrected chi connectivity index (χ0v) is 65.1. The van der Waals surface area contributed by atoms with E-state index in [2.05, 4.69) is 16.2 Å². The smallest absolute Gasteiger partial charge is 0.143 e. The van der Waals surface area contributed by atoms with Crippen molar-refractivity contribution in [2.75, 3.05) is 0 Å². The highest BCUT2D eigenvalue weighted by Gasteiger charge is 2.24. The quantitative estimate of drug-likeness (QED) is 0.0728. The van der Waals surface area contributed by atoms with Crippen molar-refractivity contribution in [1.82, 2.24) is 99.7 Å². The molecule has 0 aliphatic carbocycles. The SMILES string of the molecule is [c]1csc(-c2csc(-c3csc(-c4csc(-c5csc(-c6csc(-c7csc(-c8csc(-c9csc(-c%10csc(-c%11csc(-c%12csc(-c%13csc(-c%14csc(-c%15csc(-c%16csc(-c%17csc(-c%18csc(-c%19csc(-c%20cscn%20)n%19)n%18)n%17)n%16)n%15)n%14)n%13)n%12)n%11)n%10)n9)n8)n7)n6)n5)n4)n3)n2)n1. The first kappa shape index (κ1) is 62.4. The van der Waals surface area contributed by atoms with E-state index in [1.807, 2.05) is 113 Å². The third-order valence-electron chi connectivity index (χ3n) is 14.1. The van der Waals surface area contributed by atoms with E-state index in [1.165, 1.54) is 11.3 Å². The highest BCUT2D eigenvalue weighted by molar-refractivity contribution is 7.22. The molecule has 100 heavy (non-hydrogen) atoms. The van der Waals surface area contributed by atoms with Gasteiger partial charge in [-0.05, 0) is 0 Å². The molecule has 20 nitrogen and oxygen atoms in total. The number of hydrogen-bond acceptors (Lipinski definition) is 40. The zero-order valence-electron chi connectivity index (χ0n) is 48.7. The molecule has 0 aromatic carbocycles. The second-order valence-corrected chi connectivity index (χ2v) is 37.4. The van der Waals surface area contributed by atoms with E-state index >= 15 is 0 Å². The number of aromatic nitrogens is 20. The van der Waals surface area contributed by atoms with Crippen molar-refractivity contribution in [2.24, 2.45) is 0 Å². The number of hydrogen-bond donors (Lipinski definition) is 0. The van der Waals surface area contributed by atoms with Gasteiger partial charge in [-0.1, -0.05) is 0 Å². The number of rotatable bonds is 19. The minimum Gasteiger partial charge on any atom is -0.242 e. The largest absolute Gasteiger partial charge is 0.242 e. The van der Waals surface area contributed by atoms with E-state index in [4.69, 9.17) is 89.7 Å². The first-order valence-corrected chi connectivity index (χ1v) is 46.0. The third kappa shape index (κ3) is 12.2. The molecule has 20 rings (SSSR count). The number of thiazole rings is 20. The molecule has 0 N–H and O–H groups in total. The standard InChI is InChI=1S/C60H21N20S20/c1-2-82-42(61-1)24-4-84-44(63-24)26-6-86-46(65-26)28-8-88-48(67-28)30-10-90-50(69-30)32-12-92-52(71-32)34-14-94-54(73-34)36-16-96-56(75-36)38-18-98-58(77-38)40-20-100-60(79-40)41-21-99-59(80-41)39-19-97-57(78-39)37-17-95-55(76-37)35-15-93-53(74-35)33-13-91-51(72-33)31-11-89-49(70-31)29-9-87-47(68-29)27-7-85-45(66-27)25-5-83-43(64-25)23-3-81-22-62-23/h2-22H. The van der Waals surface area contributed by atoms with Gasteiger partial charge in [-0.15, -0.1) is 227 Å². The Bertz CT molecular complexity index is 5900. The molecule has 0 amide bonds. The predicted molar refractivity (Wildman–Crippen MR) is 422 cm³/mol. The molecule has 0 saturated carbocycles. The maximum Gasteiger partial charge on any atom is 0.143 e. The summed E-state index contributed by atoms with van der Waals surface area (Å²) in [7, 11) is 0. The summed E-state index contributed by atoms with van der Waals surface area (Å²) in [5.74, 6) is 0. The minimum absolute atomic E-state index is 0.792. The second-order valence-electron chi connectivity index (χ2n) is 20.3. The molecule has 0 unspecified atom stereocenters. The molecule has 0 saturated heterocycles. The van der Waals surface area contributed by atoms with Crippen LogP contribution >= 0.6 is 227 Å². The third-order valence-corrected chi connectivity index (χ3v) is 31.0. The van der Waals surface area contributed by atoms with Crippen LogP contribution in [-0.4, -0.2) is 99.7 Å². The molecule has 20 heterocycles. The Balaban J connectivity index is 0.448. The Hall–Kier alpha value is -7.40. The van der Waals surface area contributed by atoms with E-state index in [-0.39, 0.29) is 0 Å². The first-order chi connectivity index (χ1) is 49.4. The Labute approximate surface area is 641 Å². The van der Waals surface area contributed by atoms with Crippen LogP contribution in [0.2, 0.25) is 0 Å². The van der Waals surface area contributed by atoms with Gasteiger partial charge in [0.05, 0.1) is 5.51 Å². The maximum atomic E-state index is 4.99. The van der Waals surface area contributed by atoms with Gasteiger partial charge < -0.3 is 0 Å². The maximum absolute atomic E-state index is 4.99. The summed E-state index contributed by atoms with van der Waals surface area (Å²) in [6, 6.07) is 0. The fourth-order valence-corrected chi connectivity index (χ4v) is 25.7. The average Bonchev–Trinajstić information content (AvgIpc) is 1.67. The Morgan fingerprint density at radius 3 is 0.440 bits per heavy atom. The lowest BCUT2D eigenvalue weighted by molar-refractivity contribution is 1.28. The molecule has 0 fully saturated rings. The van der Waals surface area contributed by atoms with Crippen LogP contribution in [-0.2, 0) is 0 Å². The van der Waals surface area contributed by atoms with Gasteiger partial charge in [0.15, 0.2) is 0 Å². The van der Waals surface area contributed by atoms with E-state index in [0.29, 0.717) is 0 Å². The molecule has 0 aliphatic rings. The summed E-state index contributed by atoms with van der Waals surface area (Å²) in [6.07, 6.45) is 2.86. The lowest BCUT2D eigenvalue weighted by atomic mass is 10.4. The van der Waals surface area contributed by atoms with Crippen molar-refractivity contribution in [1.29, 1.82) is 0 Å². The van der Waals surface area contributed by atoms with Gasteiger partial charge in [0.25, 0.3) is 0 Å². The summed E-state index contributed by atoms with van der Waals surface area (Å²) >= 11 is 30.9. The van der Waals surface area contributed by atoms with Crippen molar-refractivity contribution in [3.05, 3.63) is 119 Å². The molecule has 0 aliphatic heterocycles. The van der Waals surface area contributed by atoms with Gasteiger partial charge in [0.1, 0.15) is 210 Å². The fraction of sp³-hybridized carbons (Fsp3) is 0. The van der Waals surface area contributed by atoms with Gasteiger partial charge in [-0.2, -0.15) is 0 Å². The van der Waals surface area contributed by atoms with E-state index < -0.39 is 0 Å². The van der Waals surface area contributed by atoms with Crippen LogP contribution in [0.15, 0.2) is 113 Å². The first-order valence-electron chi connectivity index (χ1n) is 28.3. The highest BCUT2D eigenvalue weighted by atomic mass is 32.2. The van der Waals surface area contributed by atoms with Gasteiger partial charge in [-0.3, -0.25) is 0 Å². The van der Waals surface area contributed by atoms with Crippen LogP contribution in [0.3, 0.4) is 0 Å². The lowest BCUT2D eigenvalue weighted by Gasteiger charge is -1.91. The molecule has 1 radical (unpaired) electrons. The van der Waals surface area contributed by atoms with Crippen molar-refractivity contribution in [3.8, 4) is 203 Å². The highest BCUT2D eigenvalue weighted by Crippen LogP contribution is 2.44. The molecular formula is C60H21N20S20. The summed E-state index contributed by atoms with van der Waals surface area (Å²) in [5, 5.41) is 56.0. The summed E-state index contributed by atoms with van der Waals surface area (Å²) in [5.41, 5.74) is 17.2. The Morgan fingerprint density at radius 1 is 0.160 bits per heavy atom. The summed E-state index contributed by atoms with van der Waals surface area (Å²) in [6.45, 7) is 0. The van der Waals surface area contributed by atoms with Crippen LogP contribution in [0, 0.1) is 6.20 Å². The van der Waals surface area contributed by atoms with Crippen molar-refractivity contribution in [3.63, 3.8) is 0 Å². The summed E-state index contributed by atoms with van der Waals surface area (Å²) < 4.78 is 0. The summed E-state index contributed by atoms with van der Waals surface area (Å²) in [4.78, 5) is 97.5. The van der Waals surface area contributed by atoms with Crippen molar-refractivity contribution >= 4 is 227 Å². The molecule has 0 spiro atoms. The van der Waals surface area contributed by atoms with Crippen LogP contribution in [0.5, 0.6) is 0 Å². The van der Waals surface area contributed by atoms with Crippen LogP contribution in [0.1, 0.15) is 0 Å². The topological polar surface area (TPSA) is 258 Å². The van der Waals surface area contributed by atoms with Crippen molar-refractivity contribution < 1.29 is 0 Å². The molecule has 20 aromatic heterocycles. The molecular weight excluding hydrogens is 1640 g/mol. The predicted octanol–water partition coefficient (Wildman–Crippen LogP) is 22.3. The monoisotopic (exact) mass is 1660 g/mol.